The molecule has 0 atom stereocenters. The third-order valence-corrected chi connectivity index (χ3v) is 6.80. The minimum Gasteiger partial charge on any atom is -0.493 e. The van der Waals surface area contributed by atoms with E-state index in [0.717, 1.165) is 61.9 Å². The van der Waals surface area contributed by atoms with Gasteiger partial charge in [-0.15, -0.1) is 0 Å². The molecule has 34 heavy (non-hydrogen) atoms. The fourth-order valence-electron chi connectivity index (χ4n) is 5.08. The number of aromatic nitrogens is 5. The van der Waals surface area contributed by atoms with E-state index in [1.165, 1.54) is 16.5 Å². The van der Waals surface area contributed by atoms with E-state index in [1.807, 2.05) is 18.5 Å². The van der Waals surface area contributed by atoms with Gasteiger partial charge in [0.15, 0.2) is 11.4 Å². The molecule has 0 aliphatic carbocycles. The molecular formula is C25H33N7O2. The average Bonchev–Trinajstić information content (AvgIpc) is 3.48. The first-order valence-electron chi connectivity index (χ1n) is 11.9. The van der Waals surface area contributed by atoms with Gasteiger partial charge in [0.2, 0.25) is 0 Å². The topological polar surface area (TPSA) is 83.8 Å². The van der Waals surface area contributed by atoms with Crippen molar-refractivity contribution in [2.45, 2.75) is 26.7 Å². The van der Waals surface area contributed by atoms with Crippen molar-refractivity contribution in [1.29, 1.82) is 0 Å². The number of anilines is 1. The highest BCUT2D eigenvalue weighted by Gasteiger charge is 2.24. The molecule has 5 heterocycles. The molecule has 5 rings (SSSR count). The molecule has 4 aromatic rings. The lowest BCUT2D eigenvalue weighted by atomic mass is 9.95. The average molecular weight is 464 g/mol. The van der Waals surface area contributed by atoms with Gasteiger partial charge in [-0.2, -0.15) is 5.10 Å². The SMILES string of the molecule is COCCN1CCN(c2ncc3[nH]c(-c4cc(OC)c5ncnn5c4)c(C(C)C)c3c2C)CC1. The van der Waals surface area contributed by atoms with Crippen LogP contribution in [0, 0.1) is 6.92 Å². The van der Waals surface area contributed by atoms with Crippen LogP contribution >= 0.6 is 0 Å². The quantitative estimate of drug-likeness (QED) is 0.449. The Hall–Kier alpha value is -3.17. The molecule has 0 bridgehead atoms. The number of methoxy groups -OCH3 is 2. The molecular weight excluding hydrogens is 430 g/mol. The summed E-state index contributed by atoms with van der Waals surface area (Å²) in [6.07, 6.45) is 5.53. The van der Waals surface area contributed by atoms with Crippen LogP contribution in [0.15, 0.2) is 24.8 Å². The predicted molar refractivity (Wildman–Crippen MR) is 134 cm³/mol. The zero-order valence-corrected chi connectivity index (χ0v) is 20.6. The van der Waals surface area contributed by atoms with Gasteiger partial charge < -0.3 is 19.4 Å². The lowest BCUT2D eigenvalue weighted by Crippen LogP contribution is -2.47. The van der Waals surface area contributed by atoms with Crippen molar-refractivity contribution in [3.8, 4) is 17.0 Å². The standard InChI is InChI=1S/C25H33N7O2/c1-16(2)21-22-17(3)24(31-8-6-30(7-9-31)10-11-33-4)26-13-19(22)29-23(21)18-12-20(34-5)25-27-15-28-32(25)14-18/h12-16,29H,6-11H2,1-5H3. The molecule has 9 heteroatoms. The molecule has 0 unspecified atom stereocenters. The number of nitrogens with one attached hydrogen (secondary N) is 1. The van der Waals surface area contributed by atoms with Gasteiger partial charge in [0.05, 0.1) is 31.1 Å². The summed E-state index contributed by atoms with van der Waals surface area (Å²) in [7, 11) is 3.42. The molecule has 1 saturated heterocycles. The van der Waals surface area contributed by atoms with E-state index in [1.54, 1.807) is 25.1 Å². The first kappa shape index (κ1) is 22.6. The van der Waals surface area contributed by atoms with Gasteiger partial charge in [0.25, 0.3) is 0 Å². The number of pyridine rings is 2. The van der Waals surface area contributed by atoms with Gasteiger partial charge in [-0.25, -0.2) is 14.5 Å². The van der Waals surface area contributed by atoms with Crippen LogP contribution in [0.5, 0.6) is 5.75 Å². The number of hydrogen-bond donors (Lipinski definition) is 1. The van der Waals surface area contributed by atoms with E-state index in [2.05, 4.69) is 45.6 Å². The molecule has 0 aromatic carbocycles. The summed E-state index contributed by atoms with van der Waals surface area (Å²) in [5, 5.41) is 5.60. The van der Waals surface area contributed by atoms with Crippen LogP contribution in [0.25, 0.3) is 27.8 Å². The van der Waals surface area contributed by atoms with E-state index >= 15 is 0 Å². The first-order chi connectivity index (χ1) is 16.5. The molecule has 9 nitrogen and oxygen atoms in total. The fraction of sp³-hybridized carbons (Fsp3) is 0.480. The first-order valence-corrected chi connectivity index (χ1v) is 11.9. The van der Waals surface area contributed by atoms with E-state index in [-0.39, 0.29) is 0 Å². The molecule has 1 aliphatic rings. The number of piperazine rings is 1. The number of aromatic amines is 1. The van der Waals surface area contributed by atoms with Crippen LogP contribution in [-0.2, 0) is 4.74 Å². The summed E-state index contributed by atoms with van der Waals surface area (Å²) in [6, 6.07) is 2.03. The van der Waals surface area contributed by atoms with Crippen molar-refractivity contribution in [1.82, 2.24) is 29.5 Å². The maximum Gasteiger partial charge on any atom is 0.197 e. The highest BCUT2D eigenvalue weighted by molar-refractivity contribution is 5.95. The van der Waals surface area contributed by atoms with Crippen LogP contribution in [0.4, 0.5) is 5.82 Å². The molecule has 0 spiro atoms. The van der Waals surface area contributed by atoms with Gasteiger partial charge in [-0.1, -0.05) is 13.8 Å². The normalized spacial score (nSPS) is 15.2. The summed E-state index contributed by atoms with van der Waals surface area (Å²) >= 11 is 0. The summed E-state index contributed by atoms with van der Waals surface area (Å²) < 4.78 is 12.6. The Labute approximate surface area is 199 Å². The lowest BCUT2D eigenvalue weighted by Gasteiger charge is -2.36. The highest BCUT2D eigenvalue weighted by Crippen LogP contribution is 2.40. The van der Waals surface area contributed by atoms with Gasteiger partial charge >= 0.3 is 0 Å². The van der Waals surface area contributed by atoms with E-state index in [4.69, 9.17) is 14.5 Å². The number of H-pyrrole nitrogens is 1. The van der Waals surface area contributed by atoms with Crippen molar-refractivity contribution in [3.05, 3.63) is 35.9 Å². The highest BCUT2D eigenvalue weighted by atomic mass is 16.5. The van der Waals surface area contributed by atoms with Crippen molar-refractivity contribution >= 4 is 22.4 Å². The molecule has 180 valence electrons. The van der Waals surface area contributed by atoms with Crippen molar-refractivity contribution in [2.75, 3.05) is 58.5 Å². The molecule has 1 aliphatic heterocycles. The molecule has 0 saturated carbocycles. The van der Waals surface area contributed by atoms with Crippen molar-refractivity contribution in [2.24, 2.45) is 0 Å². The Morgan fingerprint density at radius 3 is 2.62 bits per heavy atom. The second kappa shape index (κ2) is 9.23. The van der Waals surface area contributed by atoms with E-state index in [0.29, 0.717) is 17.3 Å². The maximum absolute atomic E-state index is 5.61. The zero-order chi connectivity index (χ0) is 23.8. The Bertz CT molecular complexity index is 1300. The smallest absolute Gasteiger partial charge is 0.197 e. The second-order valence-electron chi connectivity index (χ2n) is 9.21. The third kappa shape index (κ3) is 3.88. The number of fused-ring (bicyclic) bond motifs is 2. The van der Waals surface area contributed by atoms with Crippen LogP contribution in [0.3, 0.4) is 0 Å². The lowest BCUT2D eigenvalue weighted by molar-refractivity contribution is 0.144. The molecule has 1 N–H and O–H groups in total. The van der Waals surface area contributed by atoms with Crippen LogP contribution in [0.1, 0.15) is 30.9 Å². The number of ether oxygens (including phenoxy) is 2. The summed E-state index contributed by atoms with van der Waals surface area (Å²) in [5.74, 6) is 2.10. The Morgan fingerprint density at radius 1 is 1.12 bits per heavy atom. The van der Waals surface area contributed by atoms with E-state index in [9.17, 15) is 0 Å². The summed E-state index contributed by atoms with van der Waals surface area (Å²) in [6.45, 7) is 12.4. The van der Waals surface area contributed by atoms with Crippen LogP contribution in [0.2, 0.25) is 0 Å². The maximum atomic E-state index is 5.61. The Morgan fingerprint density at radius 2 is 1.91 bits per heavy atom. The van der Waals surface area contributed by atoms with Crippen LogP contribution in [-0.4, -0.2) is 83.0 Å². The molecule has 0 amide bonds. The Kier molecular flexibility index (Phi) is 6.14. The summed E-state index contributed by atoms with van der Waals surface area (Å²) in [4.78, 5) is 17.7. The molecule has 1 fully saturated rings. The van der Waals surface area contributed by atoms with E-state index < -0.39 is 0 Å². The Balaban J connectivity index is 1.56. The largest absolute Gasteiger partial charge is 0.493 e. The van der Waals surface area contributed by atoms with Gasteiger partial charge in [-0.3, -0.25) is 4.90 Å². The van der Waals surface area contributed by atoms with Crippen molar-refractivity contribution < 1.29 is 9.47 Å². The number of hydrogen-bond acceptors (Lipinski definition) is 7. The third-order valence-electron chi connectivity index (χ3n) is 6.80. The predicted octanol–water partition coefficient (Wildman–Crippen LogP) is 3.48. The minimum absolute atomic E-state index is 0.320. The van der Waals surface area contributed by atoms with Crippen LogP contribution < -0.4 is 9.64 Å². The minimum atomic E-state index is 0.320. The van der Waals surface area contributed by atoms with Gasteiger partial charge in [0, 0.05) is 62.5 Å². The van der Waals surface area contributed by atoms with Gasteiger partial charge in [-0.05, 0) is 24.5 Å². The molecule has 0 radical (unpaired) electrons. The zero-order valence-electron chi connectivity index (χ0n) is 20.6. The van der Waals surface area contributed by atoms with Gasteiger partial charge in [0.1, 0.15) is 12.1 Å². The number of nitrogens with zero attached hydrogens (tertiary/aromatic N) is 6. The molecule has 4 aromatic heterocycles. The summed E-state index contributed by atoms with van der Waals surface area (Å²) in [5.41, 5.74) is 6.36. The fourth-order valence-corrected chi connectivity index (χ4v) is 5.08. The number of rotatable bonds is 7. The number of aryl methyl sites for hydroxylation is 1. The monoisotopic (exact) mass is 463 g/mol. The second-order valence-corrected chi connectivity index (χ2v) is 9.21. The van der Waals surface area contributed by atoms with Crippen molar-refractivity contribution in [3.63, 3.8) is 0 Å².